The Bertz CT molecular complexity index is 880. The van der Waals surface area contributed by atoms with Gasteiger partial charge in [-0.2, -0.15) is 4.31 Å². The number of rotatable bonds is 8. The summed E-state index contributed by atoms with van der Waals surface area (Å²) in [6.45, 7) is 4.69. The van der Waals surface area contributed by atoms with Crippen LogP contribution in [0.15, 0.2) is 53.4 Å². The lowest BCUT2D eigenvalue weighted by atomic mass is 10.1. The van der Waals surface area contributed by atoms with E-state index in [2.05, 4.69) is 5.32 Å². The Kier molecular flexibility index (Phi) is 6.98. The zero-order chi connectivity index (χ0) is 20.0. The van der Waals surface area contributed by atoms with Gasteiger partial charge >= 0.3 is 0 Å². The summed E-state index contributed by atoms with van der Waals surface area (Å²) in [5, 5.41) is 2.86. The summed E-state index contributed by atoms with van der Waals surface area (Å²) in [5.41, 5.74) is 1.09. The molecule has 2 aromatic rings. The lowest BCUT2D eigenvalue weighted by Gasteiger charge is -2.19. The maximum Gasteiger partial charge on any atom is 0.251 e. The Labute approximate surface area is 161 Å². The number of methoxy groups -OCH3 is 1. The van der Waals surface area contributed by atoms with E-state index in [1.54, 1.807) is 48.5 Å². The van der Waals surface area contributed by atoms with Crippen LogP contribution < -0.4 is 10.1 Å². The molecule has 6 nitrogen and oxygen atoms in total. The van der Waals surface area contributed by atoms with Crippen molar-refractivity contribution >= 4 is 15.9 Å². The molecule has 0 fully saturated rings. The van der Waals surface area contributed by atoms with Gasteiger partial charge in [0.1, 0.15) is 5.75 Å². The first-order valence-corrected chi connectivity index (χ1v) is 10.2. The molecule has 0 aliphatic rings. The third-order valence-corrected chi connectivity index (χ3v) is 5.88. The number of nitrogens with one attached hydrogen (secondary N) is 1. The van der Waals surface area contributed by atoms with Crippen LogP contribution in [-0.4, -0.2) is 39.3 Å². The van der Waals surface area contributed by atoms with E-state index in [0.717, 1.165) is 0 Å². The van der Waals surface area contributed by atoms with E-state index in [0.29, 0.717) is 29.3 Å². The molecule has 0 heterocycles. The number of carbonyl (C=O) groups excluding carboxylic acids is 1. The Hall–Kier alpha value is -2.38. The van der Waals surface area contributed by atoms with Crippen molar-refractivity contribution in [2.75, 3.05) is 20.7 Å². The number of carbonyl (C=O) groups is 1. The highest BCUT2D eigenvalue weighted by atomic mass is 32.2. The second-order valence-corrected chi connectivity index (χ2v) is 8.75. The van der Waals surface area contributed by atoms with Crippen LogP contribution in [0.1, 0.15) is 29.8 Å². The predicted octanol–water partition coefficient (Wildman–Crippen LogP) is 2.90. The quantitative estimate of drug-likeness (QED) is 0.752. The monoisotopic (exact) mass is 390 g/mol. The van der Waals surface area contributed by atoms with Gasteiger partial charge in [-0.3, -0.25) is 4.79 Å². The highest BCUT2D eigenvalue weighted by molar-refractivity contribution is 7.89. The van der Waals surface area contributed by atoms with Gasteiger partial charge in [-0.05, 0) is 36.2 Å². The third kappa shape index (κ3) is 5.30. The van der Waals surface area contributed by atoms with Gasteiger partial charge in [0.15, 0.2) is 0 Å². The van der Waals surface area contributed by atoms with Crippen molar-refractivity contribution in [3.8, 4) is 5.75 Å². The zero-order valence-electron chi connectivity index (χ0n) is 16.1. The van der Waals surface area contributed by atoms with E-state index in [9.17, 15) is 13.2 Å². The molecule has 0 saturated heterocycles. The van der Waals surface area contributed by atoms with Gasteiger partial charge in [0.25, 0.3) is 5.91 Å². The zero-order valence-corrected chi connectivity index (χ0v) is 16.9. The topological polar surface area (TPSA) is 75.7 Å². The molecule has 0 aromatic heterocycles. The lowest BCUT2D eigenvalue weighted by Crippen LogP contribution is -2.28. The normalized spacial score (nSPS) is 11.6. The Morgan fingerprint density at radius 3 is 2.41 bits per heavy atom. The first-order chi connectivity index (χ1) is 12.8. The molecule has 0 aliphatic carbocycles. The largest absolute Gasteiger partial charge is 0.496 e. The molecule has 1 N–H and O–H groups in total. The minimum atomic E-state index is -3.64. The molecule has 1 amide bonds. The van der Waals surface area contributed by atoms with Crippen molar-refractivity contribution in [3.63, 3.8) is 0 Å². The summed E-state index contributed by atoms with van der Waals surface area (Å²) in [6, 6.07) is 13.3. The maximum atomic E-state index is 12.7. The molecule has 27 heavy (non-hydrogen) atoms. The molecular weight excluding hydrogens is 364 g/mol. The van der Waals surface area contributed by atoms with Crippen LogP contribution in [0.25, 0.3) is 0 Å². The average Bonchev–Trinajstić information content (AvgIpc) is 2.66. The first-order valence-electron chi connectivity index (χ1n) is 8.72. The van der Waals surface area contributed by atoms with Crippen LogP contribution in [0.4, 0.5) is 0 Å². The van der Waals surface area contributed by atoms with Crippen molar-refractivity contribution in [2.45, 2.75) is 25.3 Å². The van der Waals surface area contributed by atoms with Crippen LogP contribution >= 0.6 is 0 Å². The van der Waals surface area contributed by atoms with E-state index < -0.39 is 10.0 Å². The highest BCUT2D eigenvalue weighted by Gasteiger charge is 2.22. The van der Waals surface area contributed by atoms with Crippen LogP contribution in [0.2, 0.25) is 0 Å². The molecule has 2 aromatic carbocycles. The van der Waals surface area contributed by atoms with E-state index in [1.807, 2.05) is 13.8 Å². The lowest BCUT2D eigenvalue weighted by molar-refractivity contribution is 0.0949. The van der Waals surface area contributed by atoms with Crippen LogP contribution in [0.5, 0.6) is 5.75 Å². The average molecular weight is 391 g/mol. The fourth-order valence-corrected chi connectivity index (χ4v) is 3.71. The maximum absolute atomic E-state index is 12.7. The van der Waals surface area contributed by atoms with E-state index >= 15 is 0 Å². The minimum Gasteiger partial charge on any atom is -0.496 e. The van der Waals surface area contributed by atoms with Gasteiger partial charge in [0, 0.05) is 31.3 Å². The van der Waals surface area contributed by atoms with Crippen molar-refractivity contribution in [1.29, 1.82) is 0 Å². The molecule has 146 valence electrons. The summed E-state index contributed by atoms with van der Waals surface area (Å²) < 4.78 is 32.1. The van der Waals surface area contributed by atoms with Gasteiger partial charge in [0.05, 0.1) is 12.0 Å². The fraction of sp³-hybridized carbons (Fsp3) is 0.350. The standard InChI is InChI=1S/C20H26N2O4S/c1-15(2)13-21-20(23)16-10-11-19(26-4)17(12-16)14-22(3)27(24,25)18-8-6-5-7-9-18/h5-12,15H,13-14H2,1-4H3,(H,21,23). The summed E-state index contributed by atoms with van der Waals surface area (Å²) in [6.07, 6.45) is 0. The molecule has 0 radical (unpaired) electrons. The number of ether oxygens (including phenoxy) is 1. The number of nitrogens with zero attached hydrogens (tertiary/aromatic N) is 1. The van der Waals surface area contributed by atoms with E-state index in [4.69, 9.17) is 4.74 Å². The van der Waals surface area contributed by atoms with E-state index in [-0.39, 0.29) is 17.3 Å². The summed E-state index contributed by atoms with van der Waals surface area (Å²) in [7, 11) is -0.615. The van der Waals surface area contributed by atoms with Gasteiger partial charge in [-0.25, -0.2) is 8.42 Å². The minimum absolute atomic E-state index is 0.0890. The number of hydrogen-bond acceptors (Lipinski definition) is 4. The number of benzene rings is 2. The second kappa shape index (κ2) is 9.01. The Morgan fingerprint density at radius 2 is 1.81 bits per heavy atom. The van der Waals surface area contributed by atoms with Crippen LogP contribution in [-0.2, 0) is 16.6 Å². The molecule has 0 spiro atoms. The second-order valence-electron chi connectivity index (χ2n) is 6.70. The molecule has 0 atom stereocenters. The van der Waals surface area contributed by atoms with E-state index in [1.165, 1.54) is 18.5 Å². The van der Waals surface area contributed by atoms with Gasteiger partial charge < -0.3 is 10.1 Å². The van der Waals surface area contributed by atoms with Crippen molar-refractivity contribution in [1.82, 2.24) is 9.62 Å². The number of hydrogen-bond donors (Lipinski definition) is 1. The molecule has 7 heteroatoms. The molecule has 0 bridgehead atoms. The van der Waals surface area contributed by atoms with Gasteiger partial charge in [-0.1, -0.05) is 32.0 Å². The van der Waals surface area contributed by atoms with Gasteiger partial charge in [-0.15, -0.1) is 0 Å². The molecule has 0 saturated carbocycles. The number of sulfonamides is 1. The Morgan fingerprint density at radius 1 is 1.15 bits per heavy atom. The fourth-order valence-electron chi connectivity index (χ4n) is 2.54. The molecular formula is C20H26N2O4S. The molecule has 2 rings (SSSR count). The van der Waals surface area contributed by atoms with Crippen LogP contribution in [0.3, 0.4) is 0 Å². The van der Waals surface area contributed by atoms with Crippen molar-refractivity contribution < 1.29 is 17.9 Å². The SMILES string of the molecule is COc1ccc(C(=O)NCC(C)C)cc1CN(C)S(=O)(=O)c1ccccc1. The third-order valence-electron chi connectivity index (χ3n) is 4.06. The summed E-state index contributed by atoms with van der Waals surface area (Å²) in [4.78, 5) is 12.5. The Balaban J connectivity index is 2.26. The molecule has 0 unspecified atom stereocenters. The first kappa shape index (κ1) is 20.9. The molecule has 0 aliphatic heterocycles. The summed E-state index contributed by atoms with van der Waals surface area (Å²) >= 11 is 0. The highest BCUT2D eigenvalue weighted by Crippen LogP contribution is 2.24. The predicted molar refractivity (Wildman–Crippen MR) is 105 cm³/mol. The number of amides is 1. The van der Waals surface area contributed by atoms with Crippen molar-refractivity contribution in [2.24, 2.45) is 5.92 Å². The van der Waals surface area contributed by atoms with Crippen LogP contribution in [0, 0.1) is 5.92 Å². The van der Waals surface area contributed by atoms with Gasteiger partial charge in [0.2, 0.25) is 10.0 Å². The summed E-state index contributed by atoms with van der Waals surface area (Å²) in [5.74, 6) is 0.681. The smallest absolute Gasteiger partial charge is 0.251 e. The van der Waals surface area contributed by atoms with Crippen molar-refractivity contribution in [3.05, 3.63) is 59.7 Å².